The van der Waals surface area contributed by atoms with Crippen molar-refractivity contribution in [2.45, 2.75) is 112 Å². The normalized spacial score (nSPS) is 44.7. The highest BCUT2D eigenvalue weighted by Gasteiger charge is 2.53. The molecule has 1 amide bonds. The molecule has 238 valence electrons. The van der Waals surface area contributed by atoms with Gasteiger partial charge in [0.05, 0.1) is 24.8 Å². The largest absolute Gasteiger partial charge is 0.394 e. The molecule has 1 saturated carbocycles. The van der Waals surface area contributed by atoms with Crippen LogP contribution in [0.3, 0.4) is 0 Å². The van der Waals surface area contributed by atoms with Crippen LogP contribution in [0.15, 0.2) is 0 Å². The third-order valence-corrected chi connectivity index (χ3v) is 8.31. The number of hydrogen-bond acceptors (Lipinski definition) is 15. The minimum absolute atomic E-state index is 0.0222. The summed E-state index contributed by atoms with van der Waals surface area (Å²) in [4.78, 5) is 12.5. The molecule has 0 aromatic rings. The fourth-order valence-corrected chi connectivity index (χ4v) is 5.72. The molecule has 41 heavy (non-hydrogen) atoms. The molecular weight excluding hydrogens is 568 g/mol. The van der Waals surface area contributed by atoms with E-state index in [9.17, 15) is 40.5 Å². The molecule has 0 radical (unpaired) electrons. The smallest absolute Gasteiger partial charge is 0.249 e. The van der Waals surface area contributed by atoms with E-state index in [0.717, 1.165) is 10.9 Å². The van der Waals surface area contributed by atoms with Gasteiger partial charge in [-0.3, -0.25) is 4.79 Å². The summed E-state index contributed by atoms with van der Waals surface area (Å²) >= 11 is 0. The van der Waals surface area contributed by atoms with Crippen molar-refractivity contribution >= 4 is 28.1 Å². The van der Waals surface area contributed by atoms with E-state index in [2.05, 4.69) is 11.2 Å². The van der Waals surface area contributed by atoms with Crippen molar-refractivity contribution in [3.63, 3.8) is 0 Å². The Balaban J connectivity index is 1.87. The van der Waals surface area contributed by atoms with Gasteiger partial charge in [0.1, 0.15) is 54.9 Å². The molecule has 17 heteroatoms. The van der Waals surface area contributed by atoms with Crippen molar-refractivity contribution in [3.05, 3.63) is 0 Å². The number of nitrogens with one attached hydrogen (secondary N) is 1. The lowest BCUT2D eigenvalue weighted by atomic mass is 9.83. The highest BCUT2D eigenvalue weighted by Crippen LogP contribution is 2.34. The number of hydrogen-bond donors (Lipinski definition) is 11. The Kier molecular flexibility index (Phi) is 12.6. The Morgan fingerprint density at radius 1 is 1.05 bits per heavy atom. The first-order valence-electron chi connectivity index (χ1n) is 13.4. The van der Waals surface area contributed by atoms with E-state index in [0.29, 0.717) is 0 Å². The lowest BCUT2D eigenvalue weighted by Gasteiger charge is -2.47. The van der Waals surface area contributed by atoms with Gasteiger partial charge in [-0.25, -0.2) is 0 Å². The molecule has 3 fully saturated rings. The van der Waals surface area contributed by atoms with Crippen LogP contribution < -0.4 is 22.5 Å². The van der Waals surface area contributed by atoms with E-state index < -0.39 is 104 Å². The summed E-state index contributed by atoms with van der Waals surface area (Å²) in [6, 6.07) is -3.33. The number of aliphatic hydroxyl groups excluding tert-OH is 7. The van der Waals surface area contributed by atoms with Gasteiger partial charge in [0.15, 0.2) is 12.6 Å². The van der Waals surface area contributed by atoms with Crippen molar-refractivity contribution in [3.8, 4) is 0 Å². The monoisotopic (exact) mass is 612 g/mol. The number of rotatable bonds is 11. The molecule has 16 nitrogen and oxygen atoms in total. The summed E-state index contributed by atoms with van der Waals surface area (Å²) in [5.74, 6) is 2.51. The van der Waals surface area contributed by atoms with Crippen LogP contribution in [0, 0.1) is 5.92 Å². The molecule has 3 rings (SSSR count). The van der Waals surface area contributed by atoms with Gasteiger partial charge < -0.3 is 77.2 Å². The zero-order chi connectivity index (χ0) is 30.6. The van der Waals surface area contributed by atoms with Gasteiger partial charge in [0.25, 0.3) is 0 Å². The minimum Gasteiger partial charge on any atom is -0.394 e. The second kappa shape index (κ2) is 15.0. The molecule has 16 atom stereocenters. The highest BCUT2D eigenvalue weighted by atomic mass is 32.1. The van der Waals surface area contributed by atoms with Gasteiger partial charge in [-0.05, 0) is 30.6 Å². The van der Waals surface area contributed by atoms with Gasteiger partial charge in [0.2, 0.25) is 5.91 Å². The van der Waals surface area contributed by atoms with Crippen molar-refractivity contribution in [1.82, 2.24) is 5.32 Å². The Hall–Kier alpha value is -1.13. The third-order valence-electron chi connectivity index (χ3n) is 7.69. The minimum atomic E-state index is -1.55. The van der Waals surface area contributed by atoms with E-state index >= 15 is 0 Å². The molecular formula is C24H44N4O12S. The van der Waals surface area contributed by atoms with Crippen molar-refractivity contribution in [2.24, 2.45) is 23.1 Å². The number of nitrogens with two attached hydrogens (primary N) is 3. The first-order chi connectivity index (χ1) is 19.4. The number of ether oxygens (including phenoxy) is 4. The van der Waals surface area contributed by atoms with E-state index in [1.54, 1.807) is 12.3 Å². The molecule has 2 saturated heterocycles. The van der Waals surface area contributed by atoms with Gasteiger partial charge in [0, 0.05) is 12.0 Å². The van der Waals surface area contributed by atoms with Crippen LogP contribution in [0.4, 0.5) is 0 Å². The second-order valence-corrected chi connectivity index (χ2v) is 11.3. The Bertz CT molecular complexity index is 916. The molecule has 0 aromatic heterocycles. The lowest BCUT2D eigenvalue weighted by molar-refractivity contribution is -0.311. The van der Waals surface area contributed by atoms with Crippen LogP contribution in [0.5, 0.6) is 0 Å². The standard InChI is InChI=1S/C24H44N4O12S/c1-8(7-41-2)19-17(34)18(35)24(38-19)40-21-14(31)10(28-22(36)11(30)3-4-25)5-9(26)20(21)39-23-13(27)16(33)15(32)12(6-29)37-23/h7-21,23-24,29-35H,2-6,25-27H2,1H3,(H,28,36)/t8?,9?,10-,11+,12?,13?,14?,15-,16?,17?,18?,19-,20-,21?,23-,24+/m1/s1. The zero-order valence-electron chi connectivity index (χ0n) is 22.7. The molecule has 14 N–H and O–H groups in total. The van der Waals surface area contributed by atoms with Crippen molar-refractivity contribution < 1.29 is 59.5 Å². The van der Waals surface area contributed by atoms with Crippen LogP contribution in [0.1, 0.15) is 19.8 Å². The van der Waals surface area contributed by atoms with Gasteiger partial charge in [-0.1, -0.05) is 6.92 Å². The fourth-order valence-electron chi connectivity index (χ4n) is 5.27. The summed E-state index contributed by atoms with van der Waals surface area (Å²) in [7, 11) is 1.16. The average Bonchev–Trinajstić information content (AvgIpc) is 3.22. The van der Waals surface area contributed by atoms with E-state index in [1.807, 2.05) is 0 Å². The first-order valence-corrected chi connectivity index (χ1v) is 14.5. The predicted octanol–water partition coefficient (Wildman–Crippen LogP) is -6.14. The predicted molar refractivity (Wildman–Crippen MR) is 146 cm³/mol. The summed E-state index contributed by atoms with van der Waals surface area (Å²) in [6.45, 7) is 1.13. The maximum atomic E-state index is 12.5. The topological polar surface area (TPSA) is 286 Å². The zero-order valence-corrected chi connectivity index (χ0v) is 23.5. The quantitative estimate of drug-likeness (QED) is 0.0968. The summed E-state index contributed by atoms with van der Waals surface area (Å²) < 4.78 is 23.3. The second-order valence-electron chi connectivity index (χ2n) is 10.7. The number of carbonyl (C=O) groups excluding carboxylic acids is 1. The molecule has 2 heterocycles. The molecule has 3 aliphatic rings. The molecule has 2 aliphatic heterocycles. The first kappa shape index (κ1) is 34.4. The van der Waals surface area contributed by atoms with Gasteiger partial charge in [-0.2, -0.15) is 10.9 Å². The molecule has 0 spiro atoms. The third kappa shape index (κ3) is 7.69. The molecule has 9 unspecified atom stereocenters. The molecule has 1 aliphatic carbocycles. The number of carbonyl (C=O) groups is 1. The summed E-state index contributed by atoms with van der Waals surface area (Å²) in [5.41, 5.74) is 17.8. The highest BCUT2D eigenvalue weighted by molar-refractivity contribution is 7.94. The summed E-state index contributed by atoms with van der Waals surface area (Å²) in [5, 5.41) is 77.0. The van der Waals surface area contributed by atoms with E-state index in [4.69, 9.17) is 36.1 Å². The lowest BCUT2D eigenvalue weighted by Crippen LogP contribution is -2.69. The maximum absolute atomic E-state index is 12.5. The van der Waals surface area contributed by atoms with Crippen LogP contribution >= 0.6 is 10.9 Å². The average molecular weight is 613 g/mol. The fraction of sp³-hybridized carbons (Fsp3) is 0.875. The van der Waals surface area contributed by atoms with E-state index in [1.165, 1.54) is 0 Å². The molecule has 0 aromatic carbocycles. The summed E-state index contributed by atoms with van der Waals surface area (Å²) in [6.07, 6.45) is -16.7. The Labute approximate surface area is 240 Å². The van der Waals surface area contributed by atoms with Crippen LogP contribution in [-0.2, 0) is 23.7 Å². The number of aliphatic hydroxyl groups is 7. The maximum Gasteiger partial charge on any atom is 0.249 e. The Morgan fingerprint density at radius 3 is 2.32 bits per heavy atom. The van der Waals surface area contributed by atoms with Crippen LogP contribution in [-0.4, -0.2) is 158 Å². The SMILES string of the molecule is C=S=CC(C)[C@H]1O[C@@H](OC2C(O)[C@H](NC(=O)[C@@H](O)CCN)CC(N)[C@H]2O[C@H]2OC(CO)[C@@H](O)C(O)C2N)C(O)C1O. The number of amides is 1. The van der Waals surface area contributed by atoms with Crippen molar-refractivity contribution in [1.29, 1.82) is 0 Å². The van der Waals surface area contributed by atoms with E-state index in [-0.39, 0.29) is 25.3 Å². The Morgan fingerprint density at radius 2 is 1.71 bits per heavy atom. The van der Waals surface area contributed by atoms with Gasteiger partial charge >= 0.3 is 0 Å². The molecule has 0 bridgehead atoms. The van der Waals surface area contributed by atoms with Gasteiger partial charge in [-0.15, -0.1) is 0 Å². The van der Waals surface area contributed by atoms with Crippen molar-refractivity contribution in [2.75, 3.05) is 13.2 Å². The van der Waals surface area contributed by atoms with Crippen LogP contribution in [0.25, 0.3) is 0 Å². The van der Waals surface area contributed by atoms with Crippen LogP contribution in [0.2, 0.25) is 0 Å².